The van der Waals surface area contributed by atoms with Gasteiger partial charge < -0.3 is 7.97 Å². The van der Waals surface area contributed by atoms with Crippen molar-refractivity contribution in [2.75, 3.05) is 26.2 Å². The Morgan fingerprint density at radius 2 is 1.83 bits per heavy atom. The third-order valence-electron chi connectivity index (χ3n) is 2.39. The maximum Gasteiger partial charge on any atom is 0.109 e. The van der Waals surface area contributed by atoms with Crippen LogP contribution in [0.3, 0.4) is 0 Å². The van der Waals surface area contributed by atoms with E-state index in [0.717, 1.165) is 6.61 Å². The van der Waals surface area contributed by atoms with Crippen LogP contribution in [0.15, 0.2) is 0 Å². The van der Waals surface area contributed by atoms with Crippen LogP contribution < -0.4 is 0 Å². The smallest absolute Gasteiger partial charge is 0.109 e. The molecule has 0 bridgehead atoms. The minimum absolute atomic E-state index is 0.911. The molecule has 0 radical (unpaired) electrons. The van der Waals surface area contributed by atoms with Gasteiger partial charge in [0.1, 0.15) is 23.0 Å². The van der Waals surface area contributed by atoms with Gasteiger partial charge in [0, 0.05) is 0 Å². The van der Waals surface area contributed by atoms with Gasteiger partial charge in [0.25, 0.3) is 0 Å². The van der Waals surface area contributed by atoms with Gasteiger partial charge >= 0.3 is 0 Å². The van der Waals surface area contributed by atoms with Crippen LogP contribution in [0.5, 0.6) is 0 Å². The summed E-state index contributed by atoms with van der Waals surface area (Å²) in [6.45, 7) is 4.84. The van der Waals surface area contributed by atoms with Crippen LogP contribution in [-0.4, -0.2) is 31.1 Å². The molecular weight excluding hydrogens is 265 g/mol. The summed E-state index contributed by atoms with van der Waals surface area (Å²) in [4.78, 5) is 2.58. The molecule has 0 unspecified atom stereocenters. The van der Waals surface area contributed by atoms with Crippen molar-refractivity contribution in [2.45, 2.75) is 32.1 Å². The molecule has 0 N–H and O–H groups in total. The molecule has 1 heterocycles. The number of likely N-dealkylation sites (tertiary alicyclic amines) is 1. The summed E-state index contributed by atoms with van der Waals surface area (Å²) in [5.41, 5.74) is 0. The van der Waals surface area contributed by atoms with Crippen LogP contribution in [0, 0.1) is 0 Å². The molecule has 3 heteroatoms. The molecule has 2 nitrogen and oxygen atoms in total. The first-order valence-corrected chi connectivity index (χ1v) is 5.77. The topological polar surface area (TPSA) is 12.5 Å². The van der Waals surface area contributed by atoms with E-state index in [1.165, 1.54) is 51.7 Å². The number of rotatable bonds is 5. The monoisotopic (exact) mass is 283 g/mol. The SMILES string of the molecule is IOCCCCN1CCCCC1. The third-order valence-corrected chi connectivity index (χ3v) is 2.83. The lowest BCUT2D eigenvalue weighted by molar-refractivity contribution is 0.221. The van der Waals surface area contributed by atoms with E-state index in [1.807, 2.05) is 23.0 Å². The number of hydrogen-bond acceptors (Lipinski definition) is 2. The summed E-state index contributed by atoms with van der Waals surface area (Å²) < 4.78 is 4.98. The molecule has 0 aromatic carbocycles. The van der Waals surface area contributed by atoms with Crippen LogP contribution in [0.25, 0.3) is 0 Å². The fraction of sp³-hybridized carbons (Fsp3) is 1.00. The molecule has 1 rings (SSSR count). The molecule has 0 aromatic rings. The lowest BCUT2D eigenvalue weighted by atomic mass is 10.1. The Morgan fingerprint density at radius 3 is 2.50 bits per heavy atom. The second-order valence-electron chi connectivity index (χ2n) is 3.42. The van der Waals surface area contributed by atoms with Crippen molar-refractivity contribution < 1.29 is 3.07 Å². The largest absolute Gasteiger partial charge is 0.316 e. The lowest BCUT2D eigenvalue weighted by Gasteiger charge is -2.26. The maximum atomic E-state index is 4.98. The molecule has 0 aliphatic carbocycles. The van der Waals surface area contributed by atoms with E-state index in [-0.39, 0.29) is 0 Å². The van der Waals surface area contributed by atoms with Crippen LogP contribution >= 0.6 is 23.0 Å². The summed E-state index contributed by atoms with van der Waals surface area (Å²) in [5.74, 6) is 0. The molecule has 1 saturated heterocycles. The number of halogens is 1. The van der Waals surface area contributed by atoms with Crippen LogP contribution in [-0.2, 0) is 3.07 Å². The summed E-state index contributed by atoms with van der Waals surface area (Å²) in [7, 11) is 0. The van der Waals surface area contributed by atoms with Gasteiger partial charge in [-0.3, -0.25) is 0 Å². The lowest BCUT2D eigenvalue weighted by Crippen LogP contribution is -2.30. The van der Waals surface area contributed by atoms with Gasteiger partial charge in [-0.25, -0.2) is 0 Å². The highest BCUT2D eigenvalue weighted by molar-refractivity contribution is 14.1. The number of piperidine rings is 1. The fourth-order valence-corrected chi connectivity index (χ4v) is 1.99. The summed E-state index contributed by atoms with van der Waals surface area (Å²) >= 11 is 1.97. The van der Waals surface area contributed by atoms with E-state index >= 15 is 0 Å². The molecule has 1 aliphatic rings. The number of unbranched alkanes of at least 4 members (excludes halogenated alkanes) is 1. The quantitative estimate of drug-likeness (QED) is 0.568. The Labute approximate surface area is 89.3 Å². The zero-order chi connectivity index (χ0) is 8.65. The fourth-order valence-electron chi connectivity index (χ4n) is 1.68. The van der Waals surface area contributed by atoms with E-state index in [2.05, 4.69) is 4.90 Å². The Bertz CT molecular complexity index is 105. The van der Waals surface area contributed by atoms with Gasteiger partial charge in [0.15, 0.2) is 0 Å². The molecule has 12 heavy (non-hydrogen) atoms. The standard InChI is InChI=1S/C9H18INO/c10-12-9-5-4-8-11-6-2-1-3-7-11/h1-9H2. The summed E-state index contributed by atoms with van der Waals surface area (Å²) in [6, 6.07) is 0. The second-order valence-corrected chi connectivity index (χ2v) is 4.05. The van der Waals surface area contributed by atoms with E-state index in [0.29, 0.717) is 0 Å². The highest BCUT2D eigenvalue weighted by Gasteiger charge is 2.08. The summed E-state index contributed by atoms with van der Waals surface area (Å²) in [6.07, 6.45) is 6.75. The minimum atomic E-state index is 0.911. The summed E-state index contributed by atoms with van der Waals surface area (Å²) in [5, 5.41) is 0. The Kier molecular flexibility index (Phi) is 6.34. The zero-order valence-corrected chi connectivity index (χ0v) is 9.75. The molecular formula is C9H18INO. The molecule has 0 aromatic heterocycles. The van der Waals surface area contributed by atoms with E-state index in [4.69, 9.17) is 3.07 Å². The van der Waals surface area contributed by atoms with Crippen molar-refractivity contribution >= 4 is 23.0 Å². The Hall–Kier alpha value is 0.650. The second kappa shape index (κ2) is 7.09. The van der Waals surface area contributed by atoms with Crippen molar-refractivity contribution in [2.24, 2.45) is 0 Å². The van der Waals surface area contributed by atoms with Gasteiger partial charge in [-0.15, -0.1) is 0 Å². The predicted octanol–water partition coefficient (Wildman–Crippen LogP) is 2.62. The number of nitrogens with zero attached hydrogens (tertiary/aromatic N) is 1. The first-order valence-electron chi connectivity index (χ1n) is 4.89. The van der Waals surface area contributed by atoms with Crippen molar-refractivity contribution in [1.29, 1.82) is 0 Å². The molecule has 72 valence electrons. The molecule has 0 saturated carbocycles. The molecule has 0 amide bonds. The average molecular weight is 283 g/mol. The molecule has 0 atom stereocenters. The van der Waals surface area contributed by atoms with Crippen molar-refractivity contribution in [3.8, 4) is 0 Å². The van der Waals surface area contributed by atoms with E-state index < -0.39 is 0 Å². The van der Waals surface area contributed by atoms with Crippen molar-refractivity contribution in [1.82, 2.24) is 4.90 Å². The van der Waals surface area contributed by atoms with Gasteiger partial charge in [0.2, 0.25) is 0 Å². The highest BCUT2D eigenvalue weighted by atomic mass is 127. The third kappa shape index (κ3) is 4.62. The Morgan fingerprint density at radius 1 is 1.08 bits per heavy atom. The Balaban J connectivity index is 1.91. The van der Waals surface area contributed by atoms with Crippen LogP contribution in [0.4, 0.5) is 0 Å². The van der Waals surface area contributed by atoms with Gasteiger partial charge in [-0.05, 0) is 45.3 Å². The van der Waals surface area contributed by atoms with Gasteiger partial charge in [0.05, 0.1) is 6.61 Å². The van der Waals surface area contributed by atoms with Crippen LogP contribution in [0.2, 0.25) is 0 Å². The molecule has 1 aliphatic heterocycles. The van der Waals surface area contributed by atoms with E-state index in [9.17, 15) is 0 Å². The zero-order valence-electron chi connectivity index (χ0n) is 7.60. The molecule has 0 spiro atoms. The first-order chi connectivity index (χ1) is 5.93. The van der Waals surface area contributed by atoms with Crippen molar-refractivity contribution in [3.05, 3.63) is 0 Å². The molecule has 1 fully saturated rings. The maximum absolute atomic E-state index is 4.98. The predicted molar refractivity (Wildman–Crippen MR) is 59.5 cm³/mol. The first kappa shape index (κ1) is 10.7. The van der Waals surface area contributed by atoms with Crippen LogP contribution in [0.1, 0.15) is 32.1 Å². The van der Waals surface area contributed by atoms with E-state index in [1.54, 1.807) is 0 Å². The highest BCUT2D eigenvalue weighted by Crippen LogP contribution is 2.09. The number of hydrogen-bond donors (Lipinski definition) is 0. The average Bonchev–Trinajstić information content (AvgIpc) is 2.14. The van der Waals surface area contributed by atoms with Gasteiger partial charge in [-0.2, -0.15) is 0 Å². The normalized spacial score (nSPS) is 19.8. The minimum Gasteiger partial charge on any atom is -0.316 e. The van der Waals surface area contributed by atoms with Crippen molar-refractivity contribution in [3.63, 3.8) is 0 Å². The van der Waals surface area contributed by atoms with Gasteiger partial charge in [-0.1, -0.05) is 6.42 Å².